The summed E-state index contributed by atoms with van der Waals surface area (Å²) in [4.78, 5) is 14.3. The predicted molar refractivity (Wildman–Crippen MR) is 73.4 cm³/mol. The van der Waals surface area contributed by atoms with Gasteiger partial charge >= 0.3 is 0 Å². The summed E-state index contributed by atoms with van der Waals surface area (Å²) in [6.07, 6.45) is 4.33. The molecule has 1 fully saturated rings. The third kappa shape index (κ3) is 3.78. The van der Waals surface area contributed by atoms with Gasteiger partial charge in [-0.3, -0.25) is 9.69 Å². The highest BCUT2D eigenvalue weighted by atomic mass is 16.3. The van der Waals surface area contributed by atoms with Crippen molar-refractivity contribution in [1.82, 2.24) is 4.90 Å². The fraction of sp³-hybridized carbons (Fsp3) is 0.533. The number of Topliss-reactive ketones (excluding diaryl/α,β-unsaturated/α-hetero) is 1. The summed E-state index contributed by atoms with van der Waals surface area (Å²) in [5.41, 5.74) is 0.610. The summed E-state index contributed by atoms with van der Waals surface area (Å²) in [6, 6.07) is 6.44. The van der Waals surface area contributed by atoms with Crippen molar-refractivity contribution in [3.8, 4) is 5.75 Å². The smallest absolute Gasteiger partial charge is 0.176 e. The molecule has 1 aromatic rings. The lowest BCUT2D eigenvalue weighted by Gasteiger charge is -2.27. The molecule has 1 saturated heterocycles. The van der Waals surface area contributed by atoms with E-state index in [1.165, 1.54) is 18.6 Å². The van der Waals surface area contributed by atoms with Gasteiger partial charge in [0.1, 0.15) is 5.75 Å². The molecule has 1 atom stereocenters. The fourth-order valence-electron chi connectivity index (χ4n) is 2.57. The predicted octanol–water partition coefficient (Wildman–Crippen LogP) is 1.81. The normalized spacial score (nSPS) is 21.0. The van der Waals surface area contributed by atoms with E-state index in [1.54, 1.807) is 12.1 Å². The number of phenols is 1. The Morgan fingerprint density at radius 2 is 1.95 bits per heavy atom. The van der Waals surface area contributed by atoms with Crippen LogP contribution >= 0.6 is 0 Å². The first-order chi connectivity index (χ1) is 9.20. The molecule has 0 bridgehead atoms. The summed E-state index contributed by atoms with van der Waals surface area (Å²) < 4.78 is 0. The van der Waals surface area contributed by atoms with E-state index in [9.17, 15) is 15.0 Å². The Labute approximate surface area is 113 Å². The van der Waals surface area contributed by atoms with Crippen LogP contribution in [0.25, 0.3) is 0 Å². The zero-order valence-corrected chi connectivity index (χ0v) is 11.1. The number of carbonyl (C=O) groups is 1. The van der Waals surface area contributed by atoms with E-state index in [0.717, 1.165) is 25.8 Å². The first kappa shape index (κ1) is 14.0. The Hall–Kier alpha value is -1.39. The average molecular weight is 263 g/mol. The molecule has 1 heterocycles. The van der Waals surface area contributed by atoms with Crippen molar-refractivity contribution in [2.24, 2.45) is 0 Å². The minimum absolute atomic E-state index is 0.0420. The Bertz CT molecular complexity index is 416. The highest BCUT2D eigenvalue weighted by Gasteiger charge is 2.22. The van der Waals surface area contributed by atoms with Gasteiger partial charge < -0.3 is 10.2 Å². The van der Waals surface area contributed by atoms with Gasteiger partial charge in [-0.15, -0.1) is 0 Å². The quantitative estimate of drug-likeness (QED) is 0.813. The number of aliphatic hydroxyl groups excluding tert-OH is 1. The molecule has 4 nitrogen and oxygen atoms in total. The van der Waals surface area contributed by atoms with Crippen LogP contribution in [0.5, 0.6) is 5.75 Å². The molecule has 2 N–H and O–H groups in total. The molecule has 0 amide bonds. The van der Waals surface area contributed by atoms with Crippen LogP contribution in [0.15, 0.2) is 24.3 Å². The fourth-order valence-corrected chi connectivity index (χ4v) is 2.57. The molecule has 104 valence electrons. The average Bonchev–Trinajstić information content (AvgIpc) is 2.64. The van der Waals surface area contributed by atoms with Crippen molar-refractivity contribution in [2.45, 2.75) is 31.7 Å². The highest BCUT2D eigenvalue weighted by Crippen LogP contribution is 2.17. The van der Waals surface area contributed by atoms with Crippen LogP contribution in [0.4, 0.5) is 0 Å². The number of benzene rings is 1. The highest BCUT2D eigenvalue weighted by molar-refractivity contribution is 5.97. The van der Waals surface area contributed by atoms with Crippen molar-refractivity contribution in [3.05, 3.63) is 29.8 Å². The van der Waals surface area contributed by atoms with Gasteiger partial charge in [0.05, 0.1) is 13.2 Å². The van der Waals surface area contributed by atoms with Crippen molar-refractivity contribution < 1.29 is 15.0 Å². The number of nitrogens with zero attached hydrogens (tertiary/aromatic N) is 1. The summed E-state index contributed by atoms with van der Waals surface area (Å²) in [5.74, 6) is 0.208. The van der Waals surface area contributed by atoms with E-state index < -0.39 is 0 Å². The molecule has 1 aliphatic rings. The maximum Gasteiger partial charge on any atom is 0.176 e. The first-order valence-corrected chi connectivity index (χ1v) is 6.88. The largest absolute Gasteiger partial charge is 0.508 e. The summed E-state index contributed by atoms with van der Waals surface area (Å²) in [6.45, 7) is 1.33. The standard InChI is InChI=1S/C15H21NO3/c17-11-13-4-2-1-3-9-16(13)10-15(19)12-5-7-14(18)8-6-12/h5-8,13,17-18H,1-4,9-11H2. The molecule has 19 heavy (non-hydrogen) atoms. The van der Waals surface area contributed by atoms with Gasteiger partial charge in [-0.2, -0.15) is 0 Å². The number of aliphatic hydroxyl groups is 1. The SMILES string of the molecule is O=C(CN1CCCCCC1CO)c1ccc(O)cc1. The van der Waals surface area contributed by atoms with E-state index >= 15 is 0 Å². The number of phenolic OH excluding ortho intramolecular Hbond substituents is 1. The van der Waals surface area contributed by atoms with E-state index in [1.807, 2.05) is 0 Å². The van der Waals surface area contributed by atoms with Gasteiger partial charge in [-0.05, 0) is 43.7 Å². The van der Waals surface area contributed by atoms with Crippen molar-refractivity contribution >= 4 is 5.78 Å². The second kappa shape index (κ2) is 6.68. The Morgan fingerprint density at radius 1 is 1.21 bits per heavy atom. The third-order valence-electron chi connectivity index (χ3n) is 3.75. The molecule has 0 radical (unpaired) electrons. The number of aromatic hydroxyl groups is 1. The van der Waals surface area contributed by atoms with Gasteiger partial charge in [0, 0.05) is 11.6 Å². The minimum Gasteiger partial charge on any atom is -0.508 e. The number of carbonyl (C=O) groups excluding carboxylic acids is 1. The lowest BCUT2D eigenvalue weighted by atomic mass is 10.1. The first-order valence-electron chi connectivity index (χ1n) is 6.88. The number of rotatable bonds is 4. The lowest BCUT2D eigenvalue weighted by molar-refractivity contribution is 0.0826. The van der Waals surface area contributed by atoms with Crippen molar-refractivity contribution in [1.29, 1.82) is 0 Å². The van der Waals surface area contributed by atoms with Gasteiger partial charge in [-0.25, -0.2) is 0 Å². The van der Waals surface area contributed by atoms with E-state index in [4.69, 9.17) is 0 Å². The van der Waals surface area contributed by atoms with Crippen LogP contribution in [-0.2, 0) is 0 Å². The van der Waals surface area contributed by atoms with Gasteiger partial charge in [0.25, 0.3) is 0 Å². The van der Waals surface area contributed by atoms with Crippen molar-refractivity contribution in [3.63, 3.8) is 0 Å². The summed E-state index contributed by atoms with van der Waals surface area (Å²) >= 11 is 0. The molecule has 0 aromatic heterocycles. The molecule has 1 unspecified atom stereocenters. The van der Waals surface area contributed by atoms with Crippen LogP contribution in [0.2, 0.25) is 0 Å². The zero-order chi connectivity index (χ0) is 13.7. The Kier molecular flexibility index (Phi) is 4.93. The maximum atomic E-state index is 12.2. The van der Waals surface area contributed by atoms with Crippen LogP contribution in [0.1, 0.15) is 36.0 Å². The molecule has 2 rings (SSSR count). The second-order valence-corrected chi connectivity index (χ2v) is 5.13. The lowest BCUT2D eigenvalue weighted by Crippen LogP contribution is -2.40. The van der Waals surface area contributed by atoms with Crippen LogP contribution in [0, 0.1) is 0 Å². The molecule has 1 aromatic carbocycles. The van der Waals surface area contributed by atoms with Gasteiger partial charge in [0.2, 0.25) is 0 Å². The van der Waals surface area contributed by atoms with Crippen LogP contribution in [0.3, 0.4) is 0 Å². The van der Waals surface area contributed by atoms with E-state index in [2.05, 4.69) is 4.90 Å². The molecule has 0 aliphatic carbocycles. The number of ketones is 1. The number of hydrogen-bond donors (Lipinski definition) is 2. The topological polar surface area (TPSA) is 60.8 Å². The Balaban J connectivity index is 2.01. The van der Waals surface area contributed by atoms with Gasteiger partial charge in [0.15, 0.2) is 5.78 Å². The van der Waals surface area contributed by atoms with Crippen LogP contribution in [-0.4, -0.2) is 46.6 Å². The molecule has 0 saturated carbocycles. The molecule has 0 spiro atoms. The summed E-state index contributed by atoms with van der Waals surface area (Å²) in [5, 5.41) is 18.6. The second-order valence-electron chi connectivity index (χ2n) is 5.13. The number of hydrogen-bond acceptors (Lipinski definition) is 4. The van der Waals surface area contributed by atoms with E-state index in [-0.39, 0.29) is 24.2 Å². The minimum atomic E-state index is 0.0420. The van der Waals surface area contributed by atoms with Crippen LogP contribution < -0.4 is 0 Å². The molecule has 1 aliphatic heterocycles. The van der Waals surface area contributed by atoms with E-state index in [0.29, 0.717) is 12.1 Å². The van der Waals surface area contributed by atoms with Crippen molar-refractivity contribution in [2.75, 3.05) is 19.7 Å². The molecule has 4 heteroatoms. The monoisotopic (exact) mass is 263 g/mol. The zero-order valence-electron chi connectivity index (χ0n) is 11.1. The number of likely N-dealkylation sites (tertiary alicyclic amines) is 1. The summed E-state index contributed by atoms with van der Waals surface area (Å²) in [7, 11) is 0. The van der Waals surface area contributed by atoms with Gasteiger partial charge in [-0.1, -0.05) is 12.8 Å². The third-order valence-corrected chi connectivity index (χ3v) is 3.75. The maximum absolute atomic E-state index is 12.2. The Morgan fingerprint density at radius 3 is 2.63 bits per heavy atom. The molecular weight excluding hydrogens is 242 g/mol. The molecular formula is C15H21NO3.